The fourth-order valence-electron chi connectivity index (χ4n) is 2.08. The molecule has 0 spiro atoms. The van der Waals surface area contributed by atoms with Gasteiger partial charge >= 0.3 is 0 Å². The van der Waals surface area contributed by atoms with Crippen molar-refractivity contribution in [3.63, 3.8) is 0 Å². The van der Waals surface area contributed by atoms with Crippen molar-refractivity contribution in [2.45, 2.75) is 52.6 Å². The zero-order valence-electron chi connectivity index (χ0n) is 13.8. The van der Waals surface area contributed by atoms with E-state index < -0.39 is 5.60 Å². The summed E-state index contributed by atoms with van der Waals surface area (Å²) >= 11 is 3.43. The fraction of sp³-hybridized carbons (Fsp3) is 0.647. The summed E-state index contributed by atoms with van der Waals surface area (Å²) in [5.41, 5.74) is 1.27. The second-order valence-corrected chi connectivity index (χ2v) is 6.89. The Morgan fingerprint density at radius 3 is 2.10 bits per heavy atom. The van der Waals surface area contributed by atoms with Crippen LogP contribution in [0.15, 0.2) is 33.9 Å². The lowest BCUT2D eigenvalue weighted by molar-refractivity contribution is 0.0967. The van der Waals surface area contributed by atoms with E-state index in [2.05, 4.69) is 33.0 Å². The van der Waals surface area contributed by atoms with Gasteiger partial charge in [-0.15, -0.1) is 0 Å². The first-order valence-electron chi connectivity index (χ1n) is 7.24. The minimum absolute atomic E-state index is 0.728. The minimum atomic E-state index is -0.813. The molecule has 0 saturated carbocycles. The molecular weight excluding hydrogens is 314 g/mol. The number of hydrogen-bond donors (Lipinski definition) is 1. The quantitative estimate of drug-likeness (QED) is 0.511. The monoisotopic (exact) mass is 343 g/mol. The lowest BCUT2D eigenvalue weighted by Gasteiger charge is -2.32. The molecule has 20 heavy (non-hydrogen) atoms. The largest absolute Gasteiger partial charge is 0.381 e. The molecule has 0 rings (SSSR count). The maximum absolute atomic E-state index is 11.0. The number of rotatable bonds is 8. The zero-order valence-corrected chi connectivity index (χ0v) is 15.4. The van der Waals surface area contributed by atoms with Crippen molar-refractivity contribution in [1.82, 2.24) is 4.90 Å². The highest BCUT2D eigenvalue weighted by Gasteiger charge is 2.30. The Morgan fingerprint density at radius 1 is 1.10 bits per heavy atom. The highest BCUT2D eigenvalue weighted by Crippen LogP contribution is 2.30. The van der Waals surface area contributed by atoms with Gasteiger partial charge in [0.15, 0.2) is 0 Å². The van der Waals surface area contributed by atoms with Crippen molar-refractivity contribution < 1.29 is 5.11 Å². The molecule has 116 valence electrons. The molecule has 3 heteroatoms. The molecule has 0 radical (unpaired) electrons. The van der Waals surface area contributed by atoms with E-state index in [1.54, 1.807) is 0 Å². The zero-order chi connectivity index (χ0) is 15.8. The van der Waals surface area contributed by atoms with Crippen LogP contribution in [-0.4, -0.2) is 36.2 Å². The van der Waals surface area contributed by atoms with Gasteiger partial charge in [-0.3, -0.25) is 0 Å². The molecule has 1 N–H and O–H groups in total. The van der Waals surface area contributed by atoms with Crippen molar-refractivity contribution >= 4 is 15.9 Å². The summed E-state index contributed by atoms with van der Waals surface area (Å²) in [5, 5.41) is 11.0. The molecule has 0 fully saturated rings. The van der Waals surface area contributed by atoms with Crippen molar-refractivity contribution in [3.05, 3.63) is 33.9 Å². The number of hydrogen-bond acceptors (Lipinski definition) is 2. The van der Waals surface area contributed by atoms with E-state index in [-0.39, 0.29) is 0 Å². The lowest BCUT2D eigenvalue weighted by Crippen LogP contribution is -2.35. The average molecular weight is 344 g/mol. The molecule has 0 aromatic rings. The van der Waals surface area contributed by atoms with Crippen LogP contribution in [0.1, 0.15) is 47.0 Å². The first kappa shape index (κ1) is 19.6. The minimum Gasteiger partial charge on any atom is -0.381 e. The van der Waals surface area contributed by atoms with Gasteiger partial charge in [0.1, 0.15) is 5.60 Å². The summed E-state index contributed by atoms with van der Waals surface area (Å²) in [6.45, 7) is 8.93. The van der Waals surface area contributed by atoms with E-state index in [0.29, 0.717) is 0 Å². The van der Waals surface area contributed by atoms with Crippen LogP contribution in [-0.2, 0) is 0 Å². The summed E-state index contributed by atoms with van der Waals surface area (Å²) < 4.78 is 1.16. The van der Waals surface area contributed by atoms with E-state index in [0.717, 1.165) is 41.4 Å². The van der Waals surface area contributed by atoms with Gasteiger partial charge < -0.3 is 10.0 Å². The molecule has 1 unspecified atom stereocenters. The van der Waals surface area contributed by atoms with Crippen molar-refractivity contribution in [2.24, 2.45) is 0 Å². The summed E-state index contributed by atoms with van der Waals surface area (Å²) in [6, 6.07) is 0. The highest BCUT2D eigenvalue weighted by molar-refractivity contribution is 9.11. The van der Waals surface area contributed by atoms with Crippen molar-refractivity contribution in [1.29, 1.82) is 0 Å². The maximum atomic E-state index is 11.0. The molecule has 2 nitrogen and oxygen atoms in total. The molecule has 0 bridgehead atoms. The Bertz CT molecular complexity index is 378. The molecule has 1 atom stereocenters. The maximum Gasteiger partial charge on any atom is 0.107 e. The summed E-state index contributed by atoms with van der Waals surface area (Å²) in [7, 11) is 4.07. The van der Waals surface area contributed by atoms with Crippen LogP contribution in [0.5, 0.6) is 0 Å². The van der Waals surface area contributed by atoms with Crippen molar-refractivity contribution in [3.8, 4) is 0 Å². The highest BCUT2D eigenvalue weighted by atomic mass is 79.9. The third-order valence-electron chi connectivity index (χ3n) is 3.70. The van der Waals surface area contributed by atoms with Gasteiger partial charge in [-0.2, -0.15) is 0 Å². The predicted molar refractivity (Wildman–Crippen MR) is 93.2 cm³/mol. The number of halogens is 1. The van der Waals surface area contributed by atoms with Crippen LogP contribution >= 0.6 is 15.9 Å². The molecular formula is C17H30BrNO. The number of allylic oxidation sites excluding steroid dienone is 4. The topological polar surface area (TPSA) is 23.5 Å². The summed E-state index contributed by atoms with van der Waals surface area (Å²) in [6.07, 6.45) is 9.00. The lowest BCUT2D eigenvalue weighted by atomic mass is 9.83. The molecule has 0 aliphatic carbocycles. The fourth-order valence-corrected chi connectivity index (χ4v) is 2.31. The van der Waals surface area contributed by atoms with Gasteiger partial charge in [0.2, 0.25) is 0 Å². The van der Waals surface area contributed by atoms with E-state index in [4.69, 9.17) is 0 Å². The molecule has 0 saturated heterocycles. The Kier molecular flexibility index (Phi) is 9.36. The smallest absolute Gasteiger partial charge is 0.107 e. The predicted octanol–water partition coefficient (Wildman–Crippen LogP) is 4.66. The van der Waals surface area contributed by atoms with Crippen molar-refractivity contribution in [2.75, 3.05) is 20.6 Å². The molecule has 0 aliphatic heterocycles. The van der Waals surface area contributed by atoms with Gasteiger partial charge in [0.05, 0.1) is 0 Å². The van der Waals surface area contributed by atoms with Crippen LogP contribution in [0.3, 0.4) is 0 Å². The number of nitrogens with zero attached hydrogens (tertiary/aromatic N) is 1. The van der Waals surface area contributed by atoms with Gasteiger partial charge in [-0.1, -0.05) is 34.2 Å². The van der Waals surface area contributed by atoms with E-state index >= 15 is 0 Å². The second kappa shape index (κ2) is 9.54. The SMILES string of the molecule is CC=C(C)C(O)(CCN(C)C)C(C)=CCCC=C(C)Br. The normalized spacial score (nSPS) is 17.6. The summed E-state index contributed by atoms with van der Waals surface area (Å²) in [4.78, 5) is 2.11. The van der Waals surface area contributed by atoms with Crippen LogP contribution in [0.4, 0.5) is 0 Å². The molecule has 0 amide bonds. The number of aliphatic hydroxyl groups is 1. The van der Waals surface area contributed by atoms with E-state index in [1.807, 2.05) is 47.9 Å². The average Bonchev–Trinajstić information content (AvgIpc) is 2.39. The first-order valence-corrected chi connectivity index (χ1v) is 8.03. The van der Waals surface area contributed by atoms with Crippen LogP contribution in [0, 0.1) is 0 Å². The third-order valence-corrected chi connectivity index (χ3v) is 4.03. The van der Waals surface area contributed by atoms with Gasteiger partial charge in [0.25, 0.3) is 0 Å². The summed E-state index contributed by atoms with van der Waals surface area (Å²) in [5.74, 6) is 0. The molecule has 0 aromatic carbocycles. The molecule has 0 heterocycles. The van der Waals surface area contributed by atoms with Gasteiger partial charge in [-0.25, -0.2) is 0 Å². The number of unbranched alkanes of at least 4 members (excludes halogenated alkanes) is 1. The second-order valence-electron chi connectivity index (χ2n) is 5.64. The molecule has 0 aliphatic rings. The van der Waals surface area contributed by atoms with Gasteiger partial charge in [-0.05, 0) is 76.7 Å². The first-order chi connectivity index (χ1) is 9.24. The van der Waals surface area contributed by atoms with Gasteiger partial charge in [0, 0.05) is 6.54 Å². The van der Waals surface area contributed by atoms with E-state index in [1.165, 1.54) is 0 Å². The van der Waals surface area contributed by atoms with Crippen LogP contribution < -0.4 is 0 Å². The third kappa shape index (κ3) is 6.87. The van der Waals surface area contributed by atoms with E-state index in [9.17, 15) is 5.11 Å². The Morgan fingerprint density at radius 2 is 1.65 bits per heavy atom. The Labute approximate surface area is 133 Å². The Hall–Kier alpha value is -0.380. The molecule has 0 aromatic heterocycles. The Balaban J connectivity index is 4.93. The van der Waals surface area contributed by atoms with Crippen LogP contribution in [0.2, 0.25) is 0 Å². The standard InChI is InChI=1S/C17H30BrNO/c1-7-14(2)17(20,12-13-19(5)6)15(3)10-8-9-11-16(4)18/h7,10-11,20H,8-9,12-13H2,1-6H3. The van der Waals surface area contributed by atoms with Crippen LogP contribution in [0.25, 0.3) is 0 Å².